The normalized spacial score (nSPS) is 17.8. The summed E-state index contributed by atoms with van der Waals surface area (Å²) >= 11 is 0. The van der Waals surface area contributed by atoms with E-state index in [1.54, 1.807) is 19.2 Å². The van der Waals surface area contributed by atoms with E-state index in [0.29, 0.717) is 43.6 Å². The van der Waals surface area contributed by atoms with Gasteiger partial charge in [-0.3, -0.25) is 4.79 Å². The highest BCUT2D eigenvalue weighted by atomic mass is 16.6. The molecular weight excluding hydrogens is 336 g/mol. The molecule has 1 amide bonds. The quantitative estimate of drug-likeness (QED) is 0.729. The third-order valence-corrected chi connectivity index (χ3v) is 4.86. The van der Waals surface area contributed by atoms with E-state index in [-0.39, 0.29) is 18.6 Å². The lowest BCUT2D eigenvalue weighted by Crippen LogP contribution is -2.49. The molecule has 7 heteroatoms. The zero-order valence-corrected chi connectivity index (χ0v) is 15.6. The van der Waals surface area contributed by atoms with Gasteiger partial charge in [0, 0.05) is 25.8 Å². The first-order valence-corrected chi connectivity index (χ1v) is 9.17. The Hall–Kier alpha value is -1.99. The summed E-state index contributed by atoms with van der Waals surface area (Å²) in [5.74, 6) is 1.97. The van der Waals surface area contributed by atoms with E-state index < -0.39 is 0 Å². The van der Waals surface area contributed by atoms with Gasteiger partial charge in [0.15, 0.2) is 18.1 Å². The van der Waals surface area contributed by atoms with Crippen LogP contribution in [0.25, 0.3) is 0 Å². The first kappa shape index (κ1) is 18.8. The lowest BCUT2D eigenvalue weighted by molar-refractivity contribution is -0.137. The third-order valence-electron chi connectivity index (χ3n) is 4.86. The van der Waals surface area contributed by atoms with E-state index in [2.05, 4.69) is 11.9 Å². The molecule has 0 aromatic heterocycles. The van der Waals surface area contributed by atoms with Crippen LogP contribution >= 0.6 is 0 Å². The number of carbonyl (C=O) groups excluding carboxylic acids is 1. The van der Waals surface area contributed by atoms with Gasteiger partial charge >= 0.3 is 0 Å². The largest absolute Gasteiger partial charge is 0.486 e. The van der Waals surface area contributed by atoms with Crippen LogP contribution in [0.15, 0.2) is 18.2 Å². The average molecular weight is 364 g/mol. The minimum atomic E-state index is -0.00788. The molecule has 0 aliphatic carbocycles. The highest BCUT2D eigenvalue weighted by Gasteiger charge is 2.27. The van der Waals surface area contributed by atoms with Crippen LogP contribution in [0.4, 0.5) is 0 Å². The number of piperidine rings is 1. The smallest absolute Gasteiger partial charge is 0.260 e. The molecule has 26 heavy (non-hydrogen) atoms. The van der Waals surface area contributed by atoms with E-state index in [1.807, 2.05) is 11.0 Å². The van der Waals surface area contributed by atoms with Crippen molar-refractivity contribution in [2.45, 2.75) is 18.9 Å². The molecule has 0 radical (unpaired) electrons. The fraction of sp³-hybridized carbons (Fsp3) is 0.632. The Morgan fingerprint density at radius 1 is 1.23 bits per heavy atom. The van der Waals surface area contributed by atoms with E-state index >= 15 is 0 Å². The molecule has 2 aliphatic heterocycles. The predicted molar refractivity (Wildman–Crippen MR) is 97.0 cm³/mol. The highest BCUT2D eigenvalue weighted by Crippen LogP contribution is 2.33. The van der Waals surface area contributed by atoms with Crippen molar-refractivity contribution in [3.8, 4) is 17.2 Å². The number of hydrogen-bond acceptors (Lipinski definition) is 6. The maximum absolute atomic E-state index is 12.8. The summed E-state index contributed by atoms with van der Waals surface area (Å²) in [5.41, 5.74) is 0. The van der Waals surface area contributed by atoms with Crippen molar-refractivity contribution in [1.82, 2.24) is 9.80 Å². The van der Waals surface area contributed by atoms with E-state index in [1.165, 1.54) is 0 Å². The number of likely N-dealkylation sites (tertiary alicyclic amines) is 1. The van der Waals surface area contributed by atoms with Gasteiger partial charge < -0.3 is 28.7 Å². The zero-order chi connectivity index (χ0) is 18.4. The van der Waals surface area contributed by atoms with Gasteiger partial charge in [0.05, 0.1) is 6.61 Å². The predicted octanol–water partition coefficient (Wildman–Crippen LogP) is 1.41. The molecule has 1 aromatic rings. The van der Waals surface area contributed by atoms with Gasteiger partial charge in [-0.25, -0.2) is 0 Å². The Balaban J connectivity index is 1.58. The topological polar surface area (TPSA) is 60.5 Å². The van der Waals surface area contributed by atoms with Crippen LogP contribution in [-0.4, -0.2) is 82.0 Å². The van der Waals surface area contributed by atoms with Gasteiger partial charge in [0.2, 0.25) is 0 Å². The number of benzene rings is 1. The van der Waals surface area contributed by atoms with Gasteiger partial charge in [-0.1, -0.05) is 0 Å². The monoisotopic (exact) mass is 364 g/mol. The zero-order valence-electron chi connectivity index (χ0n) is 15.6. The first-order valence-electron chi connectivity index (χ1n) is 9.17. The molecule has 0 N–H and O–H groups in total. The molecule has 0 atom stereocenters. The van der Waals surface area contributed by atoms with Crippen molar-refractivity contribution in [1.29, 1.82) is 0 Å². The molecule has 144 valence electrons. The fourth-order valence-corrected chi connectivity index (χ4v) is 3.35. The van der Waals surface area contributed by atoms with Crippen molar-refractivity contribution in [3.63, 3.8) is 0 Å². The molecule has 0 spiro atoms. The number of methoxy groups -OCH3 is 1. The van der Waals surface area contributed by atoms with Crippen molar-refractivity contribution >= 4 is 5.91 Å². The molecule has 0 unspecified atom stereocenters. The fourth-order valence-electron chi connectivity index (χ4n) is 3.35. The minimum absolute atomic E-state index is 0.00788. The maximum atomic E-state index is 12.8. The summed E-state index contributed by atoms with van der Waals surface area (Å²) in [6.45, 7) is 4.22. The summed E-state index contributed by atoms with van der Waals surface area (Å²) in [6.07, 6.45) is 1.96. The number of carbonyl (C=O) groups is 1. The summed E-state index contributed by atoms with van der Waals surface area (Å²) in [5, 5.41) is 0. The standard InChI is InChI=1S/C19H28N2O5/c1-20-7-5-15(6-8-20)21(9-10-23-2)19(22)14-26-16-3-4-17-18(13-16)25-12-11-24-17/h3-4,13,15H,5-12,14H2,1-2H3. The Bertz CT molecular complexity index is 602. The third kappa shape index (κ3) is 4.80. The van der Waals surface area contributed by atoms with Crippen LogP contribution in [0.3, 0.4) is 0 Å². The Kier molecular flexibility index (Phi) is 6.57. The lowest BCUT2D eigenvalue weighted by Gasteiger charge is -2.37. The second kappa shape index (κ2) is 9.09. The molecule has 2 aliphatic rings. The Labute approximate surface area is 154 Å². The van der Waals surface area contributed by atoms with Gasteiger partial charge in [0.1, 0.15) is 19.0 Å². The summed E-state index contributed by atoms with van der Waals surface area (Å²) in [4.78, 5) is 17.0. The van der Waals surface area contributed by atoms with Crippen LogP contribution < -0.4 is 14.2 Å². The molecule has 3 rings (SSSR count). The van der Waals surface area contributed by atoms with Crippen molar-refractivity contribution in [3.05, 3.63) is 18.2 Å². The average Bonchev–Trinajstić information content (AvgIpc) is 2.67. The number of hydrogen-bond donors (Lipinski definition) is 0. The number of nitrogens with zero attached hydrogens (tertiary/aromatic N) is 2. The van der Waals surface area contributed by atoms with Crippen LogP contribution in [0.1, 0.15) is 12.8 Å². The minimum Gasteiger partial charge on any atom is -0.486 e. The van der Waals surface area contributed by atoms with Crippen LogP contribution in [0, 0.1) is 0 Å². The second-order valence-electron chi connectivity index (χ2n) is 6.71. The number of ether oxygens (including phenoxy) is 4. The molecule has 0 bridgehead atoms. The molecule has 0 saturated carbocycles. The van der Waals surface area contributed by atoms with Gasteiger partial charge in [-0.15, -0.1) is 0 Å². The van der Waals surface area contributed by atoms with Gasteiger partial charge in [-0.05, 0) is 45.1 Å². The lowest BCUT2D eigenvalue weighted by atomic mass is 10.0. The van der Waals surface area contributed by atoms with E-state index in [4.69, 9.17) is 18.9 Å². The second-order valence-corrected chi connectivity index (χ2v) is 6.71. The first-order chi connectivity index (χ1) is 12.7. The SMILES string of the molecule is COCCN(C(=O)COc1ccc2c(c1)OCCO2)C1CCN(C)CC1. The van der Waals surface area contributed by atoms with Gasteiger partial charge in [-0.2, -0.15) is 0 Å². The van der Waals surface area contributed by atoms with Crippen molar-refractivity contribution in [2.24, 2.45) is 0 Å². The van der Waals surface area contributed by atoms with Crippen molar-refractivity contribution in [2.75, 3.05) is 60.2 Å². The molecule has 1 aromatic carbocycles. The Morgan fingerprint density at radius 2 is 1.96 bits per heavy atom. The van der Waals surface area contributed by atoms with Crippen LogP contribution in [-0.2, 0) is 9.53 Å². The molecule has 2 heterocycles. The van der Waals surface area contributed by atoms with Crippen molar-refractivity contribution < 1.29 is 23.7 Å². The highest BCUT2D eigenvalue weighted by molar-refractivity contribution is 5.78. The molecule has 7 nitrogen and oxygen atoms in total. The van der Waals surface area contributed by atoms with E-state index in [9.17, 15) is 4.79 Å². The van der Waals surface area contributed by atoms with Crippen LogP contribution in [0.5, 0.6) is 17.2 Å². The summed E-state index contributed by atoms with van der Waals surface area (Å²) < 4.78 is 22.0. The van der Waals surface area contributed by atoms with Crippen LogP contribution in [0.2, 0.25) is 0 Å². The molecular formula is C19H28N2O5. The summed E-state index contributed by atoms with van der Waals surface area (Å²) in [7, 11) is 3.77. The number of rotatable bonds is 7. The Morgan fingerprint density at radius 3 is 2.69 bits per heavy atom. The molecule has 1 fully saturated rings. The number of amides is 1. The van der Waals surface area contributed by atoms with Gasteiger partial charge in [0.25, 0.3) is 5.91 Å². The van der Waals surface area contributed by atoms with E-state index in [0.717, 1.165) is 25.9 Å². The summed E-state index contributed by atoms with van der Waals surface area (Å²) in [6, 6.07) is 5.64. The number of fused-ring (bicyclic) bond motifs is 1. The maximum Gasteiger partial charge on any atom is 0.260 e. The molecule has 1 saturated heterocycles.